The minimum Gasteiger partial charge on any atom is -0.379 e. The van der Waals surface area contributed by atoms with Gasteiger partial charge in [0.1, 0.15) is 11.2 Å². The quantitative estimate of drug-likeness (QED) is 0.452. The molecule has 3 aliphatic heterocycles. The molecule has 1 aliphatic carbocycles. The van der Waals surface area contributed by atoms with Gasteiger partial charge in [0, 0.05) is 19.6 Å². The highest BCUT2D eigenvalue weighted by Gasteiger charge is 2.54. The predicted octanol–water partition coefficient (Wildman–Crippen LogP) is 6.71. The molecule has 0 radical (unpaired) electrons. The molecule has 178 valence electrons. The zero-order chi connectivity index (χ0) is 23.6. The van der Waals surface area contributed by atoms with E-state index in [1.165, 1.54) is 33.4 Å². The Hall–Kier alpha value is -2.46. The molecule has 4 aliphatic rings. The summed E-state index contributed by atoms with van der Waals surface area (Å²) in [5.74, 6) is 0. The summed E-state index contributed by atoms with van der Waals surface area (Å²) in [6, 6.07) is 17.6. The molecule has 2 unspecified atom stereocenters. The summed E-state index contributed by atoms with van der Waals surface area (Å²) in [5.41, 5.74) is 7.31. The van der Waals surface area contributed by atoms with Crippen molar-refractivity contribution in [3.05, 3.63) is 95.1 Å². The third-order valence-electron chi connectivity index (χ3n) is 7.46. The van der Waals surface area contributed by atoms with Crippen molar-refractivity contribution in [2.24, 2.45) is 0 Å². The van der Waals surface area contributed by atoms with Gasteiger partial charge >= 0.3 is 0 Å². The van der Waals surface area contributed by atoms with Crippen LogP contribution >= 0.6 is 0 Å². The fourth-order valence-electron chi connectivity index (χ4n) is 5.92. The van der Waals surface area contributed by atoms with Crippen molar-refractivity contribution in [2.75, 3.05) is 32.8 Å². The maximum absolute atomic E-state index is 6.89. The van der Waals surface area contributed by atoms with Crippen LogP contribution in [0.1, 0.15) is 62.3 Å². The molecule has 1 fully saturated rings. The fourth-order valence-corrected chi connectivity index (χ4v) is 5.92. The smallest absolute Gasteiger partial charge is 0.133 e. The molecule has 3 heteroatoms. The maximum atomic E-state index is 6.89. The van der Waals surface area contributed by atoms with Gasteiger partial charge in [-0.15, -0.1) is 0 Å². The molecular formula is C31H37NO2. The number of nitrogens with zero attached hydrogens (tertiary/aromatic N) is 1. The van der Waals surface area contributed by atoms with Gasteiger partial charge in [-0.2, -0.15) is 0 Å². The van der Waals surface area contributed by atoms with E-state index >= 15 is 0 Å². The van der Waals surface area contributed by atoms with E-state index in [4.69, 9.17) is 9.47 Å². The number of allylic oxidation sites excluding steroid dienone is 2. The van der Waals surface area contributed by atoms with E-state index in [0.717, 1.165) is 52.1 Å². The largest absolute Gasteiger partial charge is 0.379 e. The van der Waals surface area contributed by atoms with E-state index in [1.807, 2.05) is 13.8 Å². The first kappa shape index (κ1) is 23.3. The Morgan fingerprint density at radius 1 is 0.912 bits per heavy atom. The monoisotopic (exact) mass is 455 g/mol. The van der Waals surface area contributed by atoms with Crippen LogP contribution in [-0.2, 0) is 20.7 Å². The molecule has 2 atom stereocenters. The third kappa shape index (κ3) is 3.90. The summed E-state index contributed by atoms with van der Waals surface area (Å²) < 4.78 is 12.4. The predicted molar refractivity (Wildman–Crippen MR) is 141 cm³/mol. The van der Waals surface area contributed by atoms with E-state index in [9.17, 15) is 0 Å². The van der Waals surface area contributed by atoms with Crippen LogP contribution in [0.25, 0.3) is 11.1 Å². The number of hydrogen-bond donors (Lipinski definition) is 0. The highest BCUT2D eigenvalue weighted by molar-refractivity contribution is 5.96. The van der Waals surface area contributed by atoms with E-state index in [-0.39, 0.29) is 5.60 Å². The average molecular weight is 456 g/mol. The summed E-state index contributed by atoms with van der Waals surface area (Å²) >= 11 is 0. The Bertz CT molecular complexity index is 1120. The second-order valence-electron chi connectivity index (χ2n) is 9.43. The normalized spacial score (nSPS) is 27.9. The van der Waals surface area contributed by atoms with Gasteiger partial charge in [-0.25, -0.2) is 0 Å². The lowest BCUT2D eigenvalue weighted by Crippen LogP contribution is -2.36. The number of ether oxygens (including phenoxy) is 2. The minimum absolute atomic E-state index is 0.274. The molecule has 2 bridgehead atoms. The molecule has 34 heavy (non-hydrogen) atoms. The van der Waals surface area contributed by atoms with E-state index < -0.39 is 5.60 Å². The van der Waals surface area contributed by atoms with Gasteiger partial charge in [-0.3, -0.25) is 4.90 Å². The third-order valence-corrected chi connectivity index (χ3v) is 7.46. The number of fused-ring (bicyclic) bond motifs is 6. The summed E-state index contributed by atoms with van der Waals surface area (Å²) in [5, 5.41) is 0. The lowest BCUT2D eigenvalue weighted by Gasteiger charge is -2.26. The molecule has 0 amide bonds. The van der Waals surface area contributed by atoms with Crippen LogP contribution in [0.2, 0.25) is 0 Å². The van der Waals surface area contributed by atoms with Crippen molar-refractivity contribution >= 4 is 11.1 Å². The van der Waals surface area contributed by atoms with Crippen LogP contribution in [0.15, 0.2) is 72.8 Å². The second kappa shape index (κ2) is 9.65. The molecule has 2 aromatic carbocycles. The Morgan fingerprint density at radius 2 is 1.62 bits per heavy atom. The molecular weight excluding hydrogens is 418 g/mol. The van der Waals surface area contributed by atoms with Crippen molar-refractivity contribution in [1.82, 2.24) is 4.90 Å². The molecule has 3 heterocycles. The van der Waals surface area contributed by atoms with Crippen molar-refractivity contribution in [1.29, 1.82) is 0 Å². The topological polar surface area (TPSA) is 21.7 Å². The Labute approximate surface area is 204 Å². The molecule has 2 aromatic rings. The van der Waals surface area contributed by atoms with Crippen LogP contribution in [0.4, 0.5) is 0 Å². The van der Waals surface area contributed by atoms with Gasteiger partial charge in [0.15, 0.2) is 0 Å². The Kier molecular flexibility index (Phi) is 6.61. The summed E-state index contributed by atoms with van der Waals surface area (Å²) in [4.78, 5) is 2.52. The summed E-state index contributed by atoms with van der Waals surface area (Å²) in [6.45, 7) is 11.1. The molecule has 3 nitrogen and oxygen atoms in total. The minimum atomic E-state index is -0.468. The molecule has 0 aromatic heterocycles. The summed E-state index contributed by atoms with van der Waals surface area (Å²) in [7, 11) is 0. The van der Waals surface area contributed by atoms with Crippen molar-refractivity contribution in [3.63, 3.8) is 0 Å². The number of morpholine rings is 1. The average Bonchev–Trinajstić information content (AvgIpc) is 3.53. The zero-order valence-corrected chi connectivity index (χ0v) is 20.8. The highest BCUT2D eigenvalue weighted by Crippen LogP contribution is 2.57. The van der Waals surface area contributed by atoms with Gasteiger partial charge in [0.2, 0.25) is 0 Å². The van der Waals surface area contributed by atoms with Crippen molar-refractivity contribution in [3.8, 4) is 0 Å². The first-order chi connectivity index (χ1) is 16.7. The van der Waals surface area contributed by atoms with Crippen molar-refractivity contribution < 1.29 is 9.47 Å². The first-order valence-corrected chi connectivity index (χ1v) is 13.1. The van der Waals surface area contributed by atoms with Gasteiger partial charge in [0.25, 0.3) is 0 Å². The molecule has 0 spiro atoms. The van der Waals surface area contributed by atoms with Crippen molar-refractivity contribution in [2.45, 2.75) is 51.2 Å². The molecule has 6 rings (SSSR count). The van der Waals surface area contributed by atoms with Crippen LogP contribution in [0.3, 0.4) is 0 Å². The Morgan fingerprint density at radius 3 is 2.38 bits per heavy atom. The number of benzene rings is 2. The fraction of sp³-hybridized carbons (Fsp3) is 0.419. The molecule has 1 saturated heterocycles. The van der Waals surface area contributed by atoms with Crippen LogP contribution in [0, 0.1) is 0 Å². The SMILES string of the molecule is CC.CCCC12C=CC(/C=C3\C=C(CCN4CCOCC4)c4ccccc43)(O1)c1ccccc12. The van der Waals surface area contributed by atoms with Crippen LogP contribution in [-0.4, -0.2) is 37.7 Å². The van der Waals surface area contributed by atoms with Gasteiger partial charge < -0.3 is 9.47 Å². The number of rotatable bonds is 6. The molecule has 0 N–H and O–H groups in total. The maximum Gasteiger partial charge on any atom is 0.133 e. The standard InChI is InChI=1S/C29H31NO2.C2H6/c1-2-12-28-13-14-29(32-28,27-10-6-5-9-26(27)28)21-23-20-22(24-7-3-4-8-25(23)24)11-15-30-16-18-31-19-17-30;1-2/h3-10,13-14,20-21H,2,11-12,15-19H2,1H3;1-2H3/b23-21+;. The second-order valence-corrected chi connectivity index (χ2v) is 9.43. The van der Waals surface area contributed by atoms with E-state index in [2.05, 4.69) is 84.7 Å². The van der Waals surface area contributed by atoms with Gasteiger partial charge in [-0.05, 0) is 64.5 Å². The number of hydrogen-bond acceptors (Lipinski definition) is 3. The lowest BCUT2D eigenvalue weighted by atomic mass is 9.79. The van der Waals surface area contributed by atoms with Crippen LogP contribution < -0.4 is 0 Å². The Balaban J connectivity index is 0.00000117. The lowest BCUT2D eigenvalue weighted by molar-refractivity contribution is -0.0492. The first-order valence-electron chi connectivity index (χ1n) is 13.1. The van der Waals surface area contributed by atoms with E-state index in [1.54, 1.807) is 0 Å². The zero-order valence-electron chi connectivity index (χ0n) is 20.8. The highest BCUT2D eigenvalue weighted by atomic mass is 16.5. The van der Waals surface area contributed by atoms with Crippen LogP contribution in [0.5, 0.6) is 0 Å². The van der Waals surface area contributed by atoms with Gasteiger partial charge in [0.05, 0.1) is 13.2 Å². The van der Waals surface area contributed by atoms with Gasteiger partial charge in [-0.1, -0.05) is 81.8 Å². The van der Waals surface area contributed by atoms with E-state index in [0.29, 0.717) is 0 Å². The summed E-state index contributed by atoms with van der Waals surface area (Å²) in [6.07, 6.45) is 12.5. The molecule has 0 saturated carbocycles.